The van der Waals surface area contributed by atoms with Crippen molar-refractivity contribution < 1.29 is 9.47 Å². The van der Waals surface area contributed by atoms with E-state index in [-0.39, 0.29) is 24.0 Å². The van der Waals surface area contributed by atoms with Crippen LogP contribution >= 0.6 is 12.4 Å². The molecule has 9 heteroatoms. The summed E-state index contributed by atoms with van der Waals surface area (Å²) in [5.74, 6) is 2.71. The Bertz CT molecular complexity index is 850. The summed E-state index contributed by atoms with van der Waals surface area (Å²) < 4.78 is 13.0. The van der Waals surface area contributed by atoms with Crippen molar-refractivity contribution in [3.8, 4) is 11.5 Å². The second kappa shape index (κ2) is 10.1. The van der Waals surface area contributed by atoms with Crippen LogP contribution in [0, 0.1) is 0 Å². The highest BCUT2D eigenvalue weighted by molar-refractivity contribution is 5.85. The molecular formula is C22H35ClN6O2. The lowest BCUT2D eigenvalue weighted by atomic mass is 10.0. The SMILES string of the molecule is CCCC(c1nnnn1C(C)(C)CC)N1CCN(Cc2ccc3c(c2)OCO3)CC1.Cl. The summed E-state index contributed by atoms with van der Waals surface area (Å²) >= 11 is 0. The number of hydrogen-bond acceptors (Lipinski definition) is 7. The number of tetrazole rings is 1. The first-order chi connectivity index (χ1) is 14.5. The van der Waals surface area contributed by atoms with Gasteiger partial charge in [0.25, 0.3) is 0 Å². The van der Waals surface area contributed by atoms with E-state index >= 15 is 0 Å². The van der Waals surface area contributed by atoms with Crippen LogP contribution in [0.2, 0.25) is 0 Å². The van der Waals surface area contributed by atoms with Crippen molar-refractivity contribution in [2.24, 2.45) is 0 Å². The van der Waals surface area contributed by atoms with Crippen LogP contribution in [0.5, 0.6) is 11.5 Å². The second-order valence-corrected chi connectivity index (χ2v) is 8.92. The highest BCUT2D eigenvalue weighted by Crippen LogP contribution is 2.33. The van der Waals surface area contributed by atoms with E-state index < -0.39 is 0 Å². The van der Waals surface area contributed by atoms with Gasteiger partial charge in [-0.15, -0.1) is 17.5 Å². The van der Waals surface area contributed by atoms with Crippen LogP contribution in [0.4, 0.5) is 0 Å². The van der Waals surface area contributed by atoms with E-state index in [1.165, 1.54) is 5.56 Å². The molecule has 1 saturated heterocycles. The van der Waals surface area contributed by atoms with E-state index in [1.54, 1.807) is 0 Å². The molecule has 1 fully saturated rings. The normalized spacial score (nSPS) is 18.1. The Labute approximate surface area is 191 Å². The van der Waals surface area contributed by atoms with Gasteiger partial charge in [0.1, 0.15) is 0 Å². The minimum atomic E-state index is -0.0774. The first-order valence-electron chi connectivity index (χ1n) is 11.2. The van der Waals surface area contributed by atoms with Gasteiger partial charge in [-0.25, -0.2) is 4.68 Å². The standard InChI is InChI=1S/C22H34N6O2.ClH/c1-5-7-18(21-23-24-25-28(21)22(3,4)6-2)27-12-10-26(11-13-27)15-17-8-9-19-20(14-17)30-16-29-19;/h8-9,14,18H,5-7,10-13,15-16H2,1-4H3;1H. The number of aromatic nitrogens is 4. The fourth-order valence-electron chi connectivity index (χ4n) is 4.26. The Morgan fingerprint density at radius 3 is 2.52 bits per heavy atom. The molecule has 2 aliphatic rings. The second-order valence-electron chi connectivity index (χ2n) is 8.92. The first-order valence-corrected chi connectivity index (χ1v) is 11.2. The van der Waals surface area contributed by atoms with E-state index in [4.69, 9.17) is 9.47 Å². The zero-order chi connectivity index (χ0) is 21.1. The lowest BCUT2D eigenvalue weighted by molar-refractivity contribution is 0.0788. The Morgan fingerprint density at radius 2 is 1.81 bits per heavy atom. The summed E-state index contributed by atoms with van der Waals surface area (Å²) in [4.78, 5) is 5.07. The molecule has 1 unspecified atom stereocenters. The van der Waals surface area contributed by atoms with E-state index in [1.807, 2.05) is 10.7 Å². The van der Waals surface area contributed by atoms with Crippen molar-refractivity contribution in [2.45, 2.75) is 65.1 Å². The number of fused-ring (bicyclic) bond motifs is 1. The van der Waals surface area contributed by atoms with Crippen LogP contribution in [0.15, 0.2) is 18.2 Å². The van der Waals surface area contributed by atoms with Crippen molar-refractivity contribution >= 4 is 12.4 Å². The third-order valence-electron chi connectivity index (χ3n) is 6.48. The molecule has 1 atom stereocenters. The maximum absolute atomic E-state index is 5.52. The fraction of sp³-hybridized carbons (Fsp3) is 0.682. The van der Waals surface area contributed by atoms with Crippen molar-refractivity contribution in [3.63, 3.8) is 0 Å². The Morgan fingerprint density at radius 1 is 1.06 bits per heavy atom. The van der Waals surface area contributed by atoms with E-state index in [2.05, 4.69) is 65.2 Å². The number of hydrogen-bond donors (Lipinski definition) is 0. The Balaban J connectivity index is 0.00000272. The number of nitrogens with zero attached hydrogens (tertiary/aromatic N) is 6. The van der Waals surface area contributed by atoms with Crippen molar-refractivity contribution in [2.75, 3.05) is 33.0 Å². The molecule has 1 aromatic carbocycles. The summed E-state index contributed by atoms with van der Waals surface area (Å²) in [5.41, 5.74) is 1.19. The zero-order valence-corrected chi connectivity index (χ0v) is 19.9. The van der Waals surface area contributed by atoms with Crippen LogP contribution in [0.25, 0.3) is 0 Å². The lowest BCUT2D eigenvalue weighted by Crippen LogP contribution is -2.48. The molecule has 0 amide bonds. The molecule has 3 heterocycles. The molecule has 0 aliphatic carbocycles. The molecule has 31 heavy (non-hydrogen) atoms. The van der Waals surface area contributed by atoms with Crippen LogP contribution in [-0.2, 0) is 12.1 Å². The van der Waals surface area contributed by atoms with Gasteiger partial charge in [-0.05, 0) is 54.8 Å². The quantitative estimate of drug-likeness (QED) is 0.608. The maximum atomic E-state index is 5.52. The van der Waals surface area contributed by atoms with Gasteiger partial charge in [0.15, 0.2) is 17.3 Å². The summed E-state index contributed by atoms with van der Waals surface area (Å²) in [6.45, 7) is 14.2. The first kappa shape index (κ1) is 23.8. The van der Waals surface area contributed by atoms with E-state index in [9.17, 15) is 0 Å². The van der Waals surface area contributed by atoms with Gasteiger partial charge in [0.2, 0.25) is 6.79 Å². The van der Waals surface area contributed by atoms with Crippen LogP contribution in [0.1, 0.15) is 64.4 Å². The molecule has 0 saturated carbocycles. The van der Waals surface area contributed by atoms with Crippen LogP contribution in [-0.4, -0.2) is 63.0 Å². The summed E-state index contributed by atoms with van der Waals surface area (Å²) in [5, 5.41) is 12.9. The molecule has 4 rings (SSSR count). The minimum Gasteiger partial charge on any atom is -0.454 e. The molecule has 0 radical (unpaired) electrons. The third-order valence-corrected chi connectivity index (χ3v) is 6.48. The van der Waals surface area contributed by atoms with Crippen LogP contribution in [0.3, 0.4) is 0 Å². The van der Waals surface area contributed by atoms with Crippen molar-refractivity contribution in [1.82, 2.24) is 30.0 Å². The number of ether oxygens (including phenoxy) is 2. The van der Waals surface area contributed by atoms with E-state index in [0.29, 0.717) is 6.79 Å². The summed E-state index contributed by atoms with van der Waals surface area (Å²) in [6, 6.07) is 6.53. The predicted molar refractivity (Wildman–Crippen MR) is 122 cm³/mol. The van der Waals surface area contributed by atoms with Gasteiger partial charge >= 0.3 is 0 Å². The van der Waals surface area contributed by atoms with Crippen molar-refractivity contribution in [1.29, 1.82) is 0 Å². The summed E-state index contributed by atoms with van der Waals surface area (Å²) in [6.07, 6.45) is 3.18. The Kier molecular flexibility index (Phi) is 7.78. The van der Waals surface area contributed by atoms with Gasteiger partial charge in [0, 0.05) is 32.7 Å². The van der Waals surface area contributed by atoms with E-state index in [0.717, 1.165) is 69.3 Å². The average Bonchev–Trinajstić information content (AvgIpc) is 3.42. The fourth-order valence-corrected chi connectivity index (χ4v) is 4.26. The average molecular weight is 451 g/mol. The number of rotatable bonds is 8. The molecule has 2 aromatic rings. The molecular weight excluding hydrogens is 416 g/mol. The number of piperazine rings is 1. The predicted octanol–water partition coefficient (Wildman–Crippen LogP) is 3.63. The lowest BCUT2D eigenvalue weighted by Gasteiger charge is -2.39. The van der Waals surface area contributed by atoms with Gasteiger partial charge in [-0.1, -0.05) is 26.3 Å². The Hall–Kier alpha value is -1.90. The van der Waals surface area contributed by atoms with Gasteiger partial charge in [-0.2, -0.15) is 0 Å². The molecule has 2 aliphatic heterocycles. The smallest absolute Gasteiger partial charge is 0.231 e. The topological polar surface area (TPSA) is 68.5 Å². The zero-order valence-electron chi connectivity index (χ0n) is 19.1. The van der Waals surface area contributed by atoms with Gasteiger partial charge < -0.3 is 9.47 Å². The molecule has 1 aromatic heterocycles. The highest BCUT2D eigenvalue weighted by atomic mass is 35.5. The van der Waals surface area contributed by atoms with Crippen LogP contribution < -0.4 is 9.47 Å². The molecule has 0 N–H and O–H groups in total. The summed E-state index contributed by atoms with van der Waals surface area (Å²) in [7, 11) is 0. The molecule has 0 bridgehead atoms. The minimum absolute atomic E-state index is 0. The molecule has 8 nitrogen and oxygen atoms in total. The third kappa shape index (κ3) is 5.13. The van der Waals surface area contributed by atoms with Gasteiger partial charge in [-0.3, -0.25) is 9.80 Å². The number of benzene rings is 1. The number of halogens is 1. The monoisotopic (exact) mass is 450 g/mol. The molecule has 0 spiro atoms. The van der Waals surface area contributed by atoms with Crippen molar-refractivity contribution in [3.05, 3.63) is 29.6 Å². The maximum Gasteiger partial charge on any atom is 0.231 e. The highest BCUT2D eigenvalue weighted by Gasteiger charge is 2.32. The van der Waals surface area contributed by atoms with Gasteiger partial charge in [0.05, 0.1) is 11.6 Å². The molecule has 172 valence electrons. The largest absolute Gasteiger partial charge is 0.454 e.